The average molecular weight is 368 g/mol. The molecule has 0 aliphatic heterocycles. The number of carbonyl (C=O) groups excluding carboxylic acids is 1. The second kappa shape index (κ2) is 10.9. The van der Waals surface area contributed by atoms with E-state index in [1.54, 1.807) is 7.11 Å². The predicted octanol–water partition coefficient (Wildman–Crippen LogP) is 2.70. The summed E-state index contributed by atoms with van der Waals surface area (Å²) in [5, 5.41) is 9.37. The van der Waals surface area contributed by atoms with E-state index in [9.17, 15) is 4.79 Å². The number of aliphatic imine (C=N–C) groups is 1. The predicted molar refractivity (Wildman–Crippen MR) is 109 cm³/mol. The highest BCUT2D eigenvalue weighted by Gasteiger charge is 2.05. The molecule has 2 aromatic rings. The van der Waals surface area contributed by atoms with E-state index in [-0.39, 0.29) is 5.91 Å². The summed E-state index contributed by atoms with van der Waals surface area (Å²) in [5.41, 5.74) is 2.74. The Bertz CT molecular complexity index is 774. The van der Waals surface area contributed by atoms with E-state index in [1.165, 1.54) is 0 Å². The minimum absolute atomic E-state index is 0.0635. The molecule has 6 nitrogen and oxygen atoms in total. The molecule has 0 aromatic heterocycles. The third kappa shape index (κ3) is 6.66. The zero-order valence-corrected chi connectivity index (χ0v) is 16.2. The molecular formula is C21H28N4O2. The van der Waals surface area contributed by atoms with Crippen molar-refractivity contribution in [1.82, 2.24) is 16.0 Å². The monoisotopic (exact) mass is 368 g/mol. The molecule has 6 heteroatoms. The average Bonchev–Trinajstić information content (AvgIpc) is 2.70. The third-order valence-corrected chi connectivity index (χ3v) is 3.88. The van der Waals surface area contributed by atoms with E-state index < -0.39 is 0 Å². The zero-order chi connectivity index (χ0) is 19.5. The Balaban J connectivity index is 2.02. The van der Waals surface area contributed by atoms with Gasteiger partial charge >= 0.3 is 0 Å². The molecule has 0 fully saturated rings. The minimum atomic E-state index is -0.0635. The molecule has 3 N–H and O–H groups in total. The van der Waals surface area contributed by atoms with Crippen molar-refractivity contribution in [3.63, 3.8) is 0 Å². The van der Waals surface area contributed by atoms with Crippen LogP contribution in [0.5, 0.6) is 5.75 Å². The minimum Gasteiger partial charge on any atom is -0.497 e. The number of rotatable bonds is 8. The molecule has 0 saturated carbocycles. The molecule has 0 atom stereocenters. The molecule has 2 aromatic carbocycles. The number of hydrogen-bond donors (Lipinski definition) is 3. The topological polar surface area (TPSA) is 74.8 Å². The quantitative estimate of drug-likeness (QED) is 0.495. The fraction of sp³-hybridized carbons (Fsp3) is 0.333. The summed E-state index contributed by atoms with van der Waals surface area (Å²) < 4.78 is 5.26. The Kier molecular flexibility index (Phi) is 8.16. The van der Waals surface area contributed by atoms with Crippen molar-refractivity contribution in [3.8, 4) is 5.75 Å². The van der Waals surface area contributed by atoms with Gasteiger partial charge in [0.05, 0.1) is 13.7 Å². The lowest BCUT2D eigenvalue weighted by Crippen LogP contribution is -2.36. The standard InChI is InChI=1S/C21H28N4O2/c1-4-22-20(26)18-10-6-8-16(12-18)14-24-21(23-5-2)25-15-17-9-7-11-19(13-17)27-3/h6-13H,4-5,14-15H2,1-3H3,(H,22,26)(H2,23,24,25). The molecule has 144 valence electrons. The Morgan fingerprint density at radius 2 is 1.70 bits per heavy atom. The first kappa shape index (κ1) is 20.3. The van der Waals surface area contributed by atoms with Gasteiger partial charge in [-0.25, -0.2) is 4.99 Å². The van der Waals surface area contributed by atoms with Crippen LogP contribution < -0.4 is 20.7 Å². The van der Waals surface area contributed by atoms with Crippen LogP contribution in [0.2, 0.25) is 0 Å². The largest absolute Gasteiger partial charge is 0.497 e. The van der Waals surface area contributed by atoms with E-state index >= 15 is 0 Å². The van der Waals surface area contributed by atoms with Gasteiger partial charge in [-0.05, 0) is 49.2 Å². The van der Waals surface area contributed by atoms with Crippen molar-refractivity contribution < 1.29 is 9.53 Å². The maximum absolute atomic E-state index is 12.0. The maximum Gasteiger partial charge on any atom is 0.251 e. The van der Waals surface area contributed by atoms with Crippen LogP contribution in [0.4, 0.5) is 0 Å². The van der Waals surface area contributed by atoms with Gasteiger partial charge < -0.3 is 20.7 Å². The lowest BCUT2D eigenvalue weighted by Gasteiger charge is -2.12. The van der Waals surface area contributed by atoms with Gasteiger partial charge in [-0.3, -0.25) is 4.79 Å². The van der Waals surface area contributed by atoms with E-state index in [1.807, 2.05) is 62.4 Å². The maximum atomic E-state index is 12.0. The molecule has 0 unspecified atom stereocenters. The summed E-state index contributed by atoms with van der Waals surface area (Å²) in [6.07, 6.45) is 0. The molecule has 0 aliphatic carbocycles. The smallest absolute Gasteiger partial charge is 0.251 e. The summed E-state index contributed by atoms with van der Waals surface area (Å²) >= 11 is 0. The van der Waals surface area contributed by atoms with Crippen molar-refractivity contribution >= 4 is 11.9 Å². The molecule has 0 aliphatic rings. The van der Waals surface area contributed by atoms with Gasteiger partial charge in [0, 0.05) is 25.2 Å². The molecular weight excluding hydrogens is 340 g/mol. The van der Waals surface area contributed by atoms with E-state index in [0.717, 1.165) is 29.4 Å². The molecule has 0 spiro atoms. The summed E-state index contributed by atoms with van der Waals surface area (Å²) in [5.74, 6) is 1.49. The summed E-state index contributed by atoms with van der Waals surface area (Å²) in [4.78, 5) is 16.6. The molecule has 0 saturated heterocycles. The van der Waals surface area contributed by atoms with E-state index in [0.29, 0.717) is 25.2 Å². The summed E-state index contributed by atoms with van der Waals surface area (Å²) in [7, 11) is 1.66. The lowest BCUT2D eigenvalue weighted by atomic mass is 10.1. The number of ether oxygens (including phenoxy) is 1. The highest BCUT2D eigenvalue weighted by Crippen LogP contribution is 2.12. The van der Waals surface area contributed by atoms with Crippen LogP contribution in [0.25, 0.3) is 0 Å². The van der Waals surface area contributed by atoms with Crippen LogP contribution in [0.3, 0.4) is 0 Å². The number of methoxy groups -OCH3 is 1. The van der Waals surface area contributed by atoms with E-state index in [2.05, 4.69) is 20.9 Å². The molecule has 0 heterocycles. The Labute approximate surface area is 161 Å². The first-order valence-electron chi connectivity index (χ1n) is 9.18. The van der Waals surface area contributed by atoms with Gasteiger partial charge in [0.1, 0.15) is 5.75 Å². The van der Waals surface area contributed by atoms with Crippen LogP contribution in [-0.2, 0) is 13.1 Å². The SMILES string of the molecule is CCNC(=O)c1cccc(CN=C(NCC)NCc2cccc(OC)c2)c1. The van der Waals surface area contributed by atoms with Crippen molar-refractivity contribution in [2.45, 2.75) is 26.9 Å². The van der Waals surface area contributed by atoms with Crippen LogP contribution in [0, 0.1) is 0 Å². The van der Waals surface area contributed by atoms with Crippen LogP contribution in [0.15, 0.2) is 53.5 Å². The fourth-order valence-corrected chi connectivity index (χ4v) is 2.55. The lowest BCUT2D eigenvalue weighted by molar-refractivity contribution is 0.0955. The number of hydrogen-bond acceptors (Lipinski definition) is 3. The van der Waals surface area contributed by atoms with Crippen molar-refractivity contribution in [2.24, 2.45) is 4.99 Å². The number of carbonyl (C=O) groups is 1. The number of nitrogens with one attached hydrogen (secondary N) is 3. The van der Waals surface area contributed by atoms with Crippen LogP contribution >= 0.6 is 0 Å². The van der Waals surface area contributed by atoms with Crippen molar-refractivity contribution in [2.75, 3.05) is 20.2 Å². The number of amides is 1. The Morgan fingerprint density at radius 1 is 0.963 bits per heavy atom. The number of nitrogens with zero attached hydrogens (tertiary/aromatic N) is 1. The van der Waals surface area contributed by atoms with Gasteiger partial charge in [-0.2, -0.15) is 0 Å². The van der Waals surface area contributed by atoms with Gasteiger partial charge in [-0.1, -0.05) is 24.3 Å². The molecule has 1 amide bonds. The number of benzene rings is 2. The first-order valence-corrected chi connectivity index (χ1v) is 9.18. The summed E-state index contributed by atoms with van der Waals surface area (Å²) in [6.45, 7) is 6.44. The Morgan fingerprint density at radius 3 is 2.44 bits per heavy atom. The molecule has 27 heavy (non-hydrogen) atoms. The summed E-state index contributed by atoms with van der Waals surface area (Å²) in [6, 6.07) is 15.5. The number of guanidine groups is 1. The van der Waals surface area contributed by atoms with Gasteiger partial charge in [-0.15, -0.1) is 0 Å². The van der Waals surface area contributed by atoms with Gasteiger partial charge in [0.15, 0.2) is 5.96 Å². The molecule has 2 rings (SSSR count). The fourth-order valence-electron chi connectivity index (χ4n) is 2.55. The second-order valence-corrected chi connectivity index (χ2v) is 5.96. The molecule has 0 radical (unpaired) electrons. The van der Waals surface area contributed by atoms with Crippen molar-refractivity contribution in [3.05, 3.63) is 65.2 Å². The normalized spacial score (nSPS) is 11.0. The highest BCUT2D eigenvalue weighted by atomic mass is 16.5. The van der Waals surface area contributed by atoms with E-state index in [4.69, 9.17) is 4.74 Å². The second-order valence-electron chi connectivity index (χ2n) is 5.96. The first-order chi connectivity index (χ1) is 13.2. The molecule has 0 bridgehead atoms. The van der Waals surface area contributed by atoms with Crippen LogP contribution in [-0.4, -0.2) is 32.1 Å². The van der Waals surface area contributed by atoms with Gasteiger partial charge in [0.25, 0.3) is 5.91 Å². The zero-order valence-electron chi connectivity index (χ0n) is 16.2. The van der Waals surface area contributed by atoms with Crippen LogP contribution in [0.1, 0.15) is 35.3 Å². The third-order valence-electron chi connectivity index (χ3n) is 3.88. The van der Waals surface area contributed by atoms with Gasteiger partial charge in [0.2, 0.25) is 0 Å². The highest BCUT2D eigenvalue weighted by molar-refractivity contribution is 5.94. The van der Waals surface area contributed by atoms with Crippen molar-refractivity contribution in [1.29, 1.82) is 0 Å². The Hall–Kier alpha value is -3.02.